The molecule has 0 unspecified atom stereocenters. The van der Waals surface area contributed by atoms with Gasteiger partial charge < -0.3 is 11.5 Å². The molecule has 0 radical (unpaired) electrons. The maximum Gasteiger partial charge on any atom is 0.100 e. The van der Waals surface area contributed by atoms with Crippen molar-refractivity contribution in [2.24, 2.45) is 11.5 Å². The summed E-state index contributed by atoms with van der Waals surface area (Å²) in [6.07, 6.45) is 2.86. The van der Waals surface area contributed by atoms with Crippen molar-refractivity contribution in [3.05, 3.63) is 21.9 Å². The lowest BCUT2D eigenvalue weighted by Crippen LogP contribution is -1.87. The van der Waals surface area contributed by atoms with Crippen molar-refractivity contribution in [2.45, 2.75) is 0 Å². The number of allylic oxidation sites excluding steroid dienone is 2. The number of hydrogen-bond acceptors (Lipinski definition) is 2. The van der Waals surface area contributed by atoms with E-state index in [0.717, 1.165) is 0 Å². The highest BCUT2D eigenvalue weighted by molar-refractivity contribution is 9.11. The highest BCUT2D eigenvalue weighted by atomic mass is 79.9. The van der Waals surface area contributed by atoms with E-state index < -0.39 is 0 Å². The summed E-state index contributed by atoms with van der Waals surface area (Å²) < 4.78 is 0.671. The van der Waals surface area contributed by atoms with Gasteiger partial charge in [-0.2, -0.15) is 0 Å². The van der Waals surface area contributed by atoms with Crippen LogP contribution in [0.15, 0.2) is 21.9 Å². The molecule has 0 spiro atoms. The van der Waals surface area contributed by atoms with E-state index in [-0.39, 0.29) is 5.16 Å². The topological polar surface area (TPSA) is 52.0 Å². The highest BCUT2D eigenvalue weighted by Gasteiger charge is 1.82. The van der Waals surface area contributed by atoms with Crippen LogP contribution in [0.25, 0.3) is 0 Å². The molecule has 0 heterocycles. The van der Waals surface area contributed by atoms with Crippen LogP contribution in [0.2, 0.25) is 0 Å². The van der Waals surface area contributed by atoms with Crippen molar-refractivity contribution < 1.29 is 0 Å². The van der Waals surface area contributed by atoms with E-state index in [9.17, 15) is 0 Å². The molecule has 0 aromatic heterocycles. The van der Waals surface area contributed by atoms with E-state index in [0.29, 0.717) is 4.48 Å². The molecule has 46 valence electrons. The standard InChI is InChI=1S/C4H6BrClN2/c5-3(2-7)1-4(6)8/h1-2H,7-8H2/b3-2+,4-1-. The zero-order valence-electron chi connectivity index (χ0n) is 4.07. The molecule has 0 aromatic rings. The van der Waals surface area contributed by atoms with Gasteiger partial charge in [0.2, 0.25) is 0 Å². The van der Waals surface area contributed by atoms with Gasteiger partial charge >= 0.3 is 0 Å². The number of halogens is 2. The molecule has 0 fully saturated rings. The summed E-state index contributed by atoms with van der Waals surface area (Å²) in [5.41, 5.74) is 10.1. The van der Waals surface area contributed by atoms with Gasteiger partial charge in [-0.3, -0.25) is 0 Å². The molecule has 0 amide bonds. The summed E-state index contributed by atoms with van der Waals surface area (Å²) in [6.45, 7) is 0. The molecule has 0 aliphatic carbocycles. The molecule has 4 heteroatoms. The Bertz CT molecular complexity index is 126. The second-order valence-electron chi connectivity index (χ2n) is 1.08. The van der Waals surface area contributed by atoms with E-state index in [1.807, 2.05) is 0 Å². The molecule has 0 atom stereocenters. The smallest absolute Gasteiger partial charge is 0.100 e. The van der Waals surface area contributed by atoms with Crippen molar-refractivity contribution in [1.82, 2.24) is 0 Å². The Kier molecular flexibility index (Phi) is 3.73. The van der Waals surface area contributed by atoms with Gasteiger partial charge in [-0.05, 0) is 22.0 Å². The second kappa shape index (κ2) is 3.80. The molecule has 4 N–H and O–H groups in total. The van der Waals surface area contributed by atoms with E-state index in [4.69, 9.17) is 23.1 Å². The minimum Gasteiger partial charge on any atom is -0.404 e. The quantitative estimate of drug-likeness (QED) is 0.491. The highest BCUT2D eigenvalue weighted by Crippen LogP contribution is 2.06. The summed E-state index contributed by atoms with van der Waals surface area (Å²) in [6, 6.07) is 0. The molecule has 8 heavy (non-hydrogen) atoms. The van der Waals surface area contributed by atoms with Crippen molar-refractivity contribution in [1.29, 1.82) is 0 Å². The van der Waals surface area contributed by atoms with E-state index in [1.165, 1.54) is 12.3 Å². The minimum absolute atomic E-state index is 0.207. The molecule has 2 nitrogen and oxygen atoms in total. The first-order chi connectivity index (χ1) is 3.66. The fraction of sp³-hybridized carbons (Fsp3) is 0. The molecule has 0 aliphatic rings. The third-order valence-corrected chi connectivity index (χ3v) is 1.04. The van der Waals surface area contributed by atoms with Crippen LogP contribution in [-0.2, 0) is 0 Å². The van der Waals surface area contributed by atoms with Gasteiger partial charge in [0.05, 0.1) is 0 Å². The molecular formula is C4H6BrClN2. The van der Waals surface area contributed by atoms with Crippen LogP contribution in [0, 0.1) is 0 Å². The van der Waals surface area contributed by atoms with Crippen LogP contribution in [0.1, 0.15) is 0 Å². The molecule has 0 saturated heterocycles. The Hall–Kier alpha value is -0.150. The number of rotatable bonds is 1. The third kappa shape index (κ3) is 4.02. The van der Waals surface area contributed by atoms with Gasteiger partial charge in [0.15, 0.2) is 0 Å². The molecule has 0 saturated carbocycles. The first-order valence-corrected chi connectivity index (χ1v) is 3.04. The summed E-state index contributed by atoms with van der Waals surface area (Å²) >= 11 is 8.34. The zero-order valence-corrected chi connectivity index (χ0v) is 6.41. The van der Waals surface area contributed by atoms with Crippen LogP contribution < -0.4 is 11.5 Å². The normalized spacial score (nSPS) is 14.2. The van der Waals surface area contributed by atoms with Gasteiger partial charge in [-0.1, -0.05) is 11.6 Å². The average molecular weight is 197 g/mol. The van der Waals surface area contributed by atoms with E-state index in [1.54, 1.807) is 0 Å². The number of nitrogens with two attached hydrogens (primary N) is 2. The summed E-state index contributed by atoms with van der Waals surface area (Å²) in [5.74, 6) is 0. The Balaban J connectivity index is 3.89. The summed E-state index contributed by atoms with van der Waals surface area (Å²) in [4.78, 5) is 0. The van der Waals surface area contributed by atoms with Gasteiger partial charge in [0.25, 0.3) is 0 Å². The Labute approximate surface area is 61.3 Å². The van der Waals surface area contributed by atoms with Crippen molar-refractivity contribution in [3.8, 4) is 0 Å². The molecular weight excluding hydrogens is 191 g/mol. The molecule has 0 bridgehead atoms. The SMILES string of the molecule is N/C=C(Br)\C=C(/N)Cl. The molecule has 0 rings (SSSR count). The predicted molar refractivity (Wildman–Crippen MR) is 39.3 cm³/mol. The van der Waals surface area contributed by atoms with Crippen molar-refractivity contribution in [2.75, 3.05) is 0 Å². The third-order valence-electron chi connectivity index (χ3n) is 0.435. The lowest BCUT2D eigenvalue weighted by atomic mass is 10.6. The fourth-order valence-corrected chi connectivity index (χ4v) is 0.676. The summed E-state index contributed by atoms with van der Waals surface area (Å²) in [5, 5.41) is 0.207. The maximum absolute atomic E-state index is 5.26. The maximum atomic E-state index is 5.26. The minimum atomic E-state index is 0.207. The molecule has 0 aromatic carbocycles. The van der Waals surface area contributed by atoms with Gasteiger partial charge in [-0.25, -0.2) is 0 Å². The average Bonchev–Trinajstić information content (AvgIpc) is 1.65. The first-order valence-electron chi connectivity index (χ1n) is 1.87. The lowest BCUT2D eigenvalue weighted by Gasteiger charge is -1.84. The van der Waals surface area contributed by atoms with E-state index >= 15 is 0 Å². The van der Waals surface area contributed by atoms with Crippen LogP contribution in [0.3, 0.4) is 0 Å². The molecule has 0 aliphatic heterocycles. The number of hydrogen-bond donors (Lipinski definition) is 2. The van der Waals surface area contributed by atoms with E-state index in [2.05, 4.69) is 15.9 Å². The van der Waals surface area contributed by atoms with Crippen LogP contribution in [0.4, 0.5) is 0 Å². The van der Waals surface area contributed by atoms with Crippen molar-refractivity contribution >= 4 is 27.5 Å². The summed E-state index contributed by atoms with van der Waals surface area (Å²) in [7, 11) is 0. The Morgan fingerprint density at radius 2 is 2.12 bits per heavy atom. The largest absolute Gasteiger partial charge is 0.404 e. The Morgan fingerprint density at radius 1 is 1.62 bits per heavy atom. The predicted octanol–water partition coefficient (Wildman–Crippen LogP) is 1.22. The van der Waals surface area contributed by atoms with Crippen molar-refractivity contribution in [3.63, 3.8) is 0 Å². The van der Waals surface area contributed by atoms with Crippen LogP contribution in [0.5, 0.6) is 0 Å². The van der Waals surface area contributed by atoms with Crippen LogP contribution in [-0.4, -0.2) is 0 Å². The Morgan fingerprint density at radius 3 is 2.25 bits per heavy atom. The van der Waals surface area contributed by atoms with Gasteiger partial charge in [-0.15, -0.1) is 0 Å². The lowest BCUT2D eigenvalue weighted by molar-refractivity contribution is 1.51. The second-order valence-corrected chi connectivity index (χ2v) is 2.43. The van der Waals surface area contributed by atoms with Gasteiger partial charge in [0.1, 0.15) is 5.16 Å². The van der Waals surface area contributed by atoms with Crippen LogP contribution >= 0.6 is 27.5 Å². The monoisotopic (exact) mass is 196 g/mol. The first kappa shape index (κ1) is 7.85. The zero-order chi connectivity index (χ0) is 6.57. The fourth-order valence-electron chi connectivity index (χ4n) is 0.180. The van der Waals surface area contributed by atoms with Gasteiger partial charge in [0, 0.05) is 10.7 Å².